The zero-order valence-corrected chi connectivity index (χ0v) is 11.1. The Labute approximate surface area is 107 Å². The molecule has 1 N–H and O–H groups in total. The molecule has 0 aliphatic carbocycles. The molecule has 1 aromatic rings. The van der Waals surface area contributed by atoms with Crippen molar-refractivity contribution in [2.45, 2.75) is 13.3 Å². The molecule has 0 bridgehead atoms. The van der Waals surface area contributed by atoms with Crippen molar-refractivity contribution >= 4 is 17.4 Å². The molecule has 0 fully saturated rings. The third-order valence-electron chi connectivity index (χ3n) is 2.32. The van der Waals surface area contributed by atoms with Crippen LogP contribution in [-0.4, -0.2) is 25.2 Å². The fourth-order valence-electron chi connectivity index (χ4n) is 1.45. The maximum atomic E-state index is 8.79. The Balaban J connectivity index is 2.50. The average Bonchev–Trinajstić information content (AvgIpc) is 2.38. The van der Waals surface area contributed by atoms with Gasteiger partial charge in [-0.25, -0.2) is 0 Å². The number of ether oxygens (including phenoxy) is 1. The summed E-state index contributed by atoms with van der Waals surface area (Å²) in [5.74, 6) is 3.06. The van der Waals surface area contributed by atoms with Gasteiger partial charge in [0.2, 0.25) is 0 Å². The zero-order chi connectivity index (χ0) is 12.5. The molecule has 0 radical (unpaired) electrons. The van der Waals surface area contributed by atoms with E-state index >= 15 is 0 Å². The van der Waals surface area contributed by atoms with Gasteiger partial charge in [-0.1, -0.05) is 6.92 Å². The molecule has 3 nitrogen and oxygen atoms in total. The highest BCUT2D eigenvalue weighted by Crippen LogP contribution is 2.25. The maximum Gasteiger partial charge on any atom is 0.143 e. The molecule has 0 unspecified atom stereocenters. The molecule has 1 aromatic carbocycles. The minimum absolute atomic E-state index is 0.619. The van der Waals surface area contributed by atoms with Crippen molar-refractivity contribution in [1.82, 2.24) is 0 Å². The second-order valence-corrected chi connectivity index (χ2v) is 4.90. The first-order valence-corrected chi connectivity index (χ1v) is 6.87. The van der Waals surface area contributed by atoms with E-state index in [1.807, 2.05) is 17.8 Å². The Morgan fingerprint density at radius 3 is 2.94 bits per heavy atom. The summed E-state index contributed by atoms with van der Waals surface area (Å²) < 4.78 is 5.25. The van der Waals surface area contributed by atoms with Crippen molar-refractivity contribution in [3.63, 3.8) is 0 Å². The first kappa shape index (κ1) is 13.7. The normalized spacial score (nSPS) is 9.71. The number of nitrogens with one attached hydrogen (secondary N) is 1. The number of rotatable bonds is 7. The molecular formula is C13H18N2OS. The van der Waals surface area contributed by atoms with E-state index in [1.165, 1.54) is 11.5 Å². The van der Waals surface area contributed by atoms with Gasteiger partial charge >= 0.3 is 0 Å². The van der Waals surface area contributed by atoms with Gasteiger partial charge in [0.1, 0.15) is 5.75 Å². The number of benzene rings is 1. The molecule has 92 valence electrons. The van der Waals surface area contributed by atoms with Gasteiger partial charge in [0, 0.05) is 12.6 Å². The molecule has 0 heterocycles. The Morgan fingerprint density at radius 1 is 1.47 bits per heavy atom. The number of hydrogen-bond donors (Lipinski definition) is 1. The lowest BCUT2D eigenvalue weighted by Gasteiger charge is -2.11. The van der Waals surface area contributed by atoms with E-state index in [4.69, 9.17) is 10.00 Å². The molecule has 0 aliphatic heterocycles. The molecule has 0 aromatic heterocycles. The number of anilines is 1. The summed E-state index contributed by atoms with van der Waals surface area (Å²) in [6.45, 7) is 3.09. The minimum atomic E-state index is 0.619. The smallest absolute Gasteiger partial charge is 0.143 e. The molecule has 0 spiro atoms. The first-order chi connectivity index (χ1) is 8.31. The minimum Gasteiger partial charge on any atom is -0.495 e. The van der Waals surface area contributed by atoms with Crippen LogP contribution in [0.15, 0.2) is 18.2 Å². The predicted molar refractivity (Wildman–Crippen MR) is 73.8 cm³/mol. The molecule has 0 saturated heterocycles. The summed E-state index contributed by atoms with van der Waals surface area (Å²) >= 11 is 1.94. The van der Waals surface area contributed by atoms with Gasteiger partial charge in [0.25, 0.3) is 0 Å². The highest BCUT2D eigenvalue weighted by molar-refractivity contribution is 7.99. The van der Waals surface area contributed by atoms with E-state index in [0.717, 1.165) is 24.4 Å². The molecule has 4 heteroatoms. The molecule has 0 aliphatic rings. The number of thioether (sulfide) groups is 1. The molecule has 17 heavy (non-hydrogen) atoms. The molecule has 0 amide bonds. The van der Waals surface area contributed by atoms with Crippen molar-refractivity contribution in [3.05, 3.63) is 23.8 Å². The van der Waals surface area contributed by atoms with Crippen molar-refractivity contribution in [2.75, 3.05) is 30.5 Å². The monoisotopic (exact) mass is 250 g/mol. The van der Waals surface area contributed by atoms with Crippen LogP contribution in [0.3, 0.4) is 0 Å². The Morgan fingerprint density at radius 2 is 2.29 bits per heavy atom. The largest absolute Gasteiger partial charge is 0.495 e. The second-order valence-electron chi connectivity index (χ2n) is 3.50. The number of nitriles is 1. The van der Waals surface area contributed by atoms with Crippen LogP contribution in [0.25, 0.3) is 0 Å². The van der Waals surface area contributed by atoms with Crippen molar-refractivity contribution in [1.29, 1.82) is 5.26 Å². The first-order valence-electron chi connectivity index (χ1n) is 5.71. The van der Waals surface area contributed by atoms with Gasteiger partial charge in [-0.3, -0.25) is 0 Å². The van der Waals surface area contributed by atoms with Gasteiger partial charge in [-0.05, 0) is 30.1 Å². The lowest BCUT2D eigenvalue weighted by atomic mass is 10.2. The summed E-state index contributed by atoms with van der Waals surface area (Å²) in [5.41, 5.74) is 1.57. The third-order valence-corrected chi connectivity index (χ3v) is 3.30. The Bertz CT molecular complexity index is 387. The van der Waals surface area contributed by atoms with E-state index in [2.05, 4.69) is 18.3 Å². The van der Waals surface area contributed by atoms with E-state index < -0.39 is 0 Å². The van der Waals surface area contributed by atoms with Crippen molar-refractivity contribution in [3.8, 4) is 11.8 Å². The third kappa shape index (κ3) is 4.58. The number of nitrogens with zero attached hydrogens (tertiary/aromatic N) is 1. The Kier molecular flexibility index (Phi) is 6.34. The van der Waals surface area contributed by atoms with Gasteiger partial charge in [0.15, 0.2) is 0 Å². The summed E-state index contributed by atoms with van der Waals surface area (Å²) in [5, 5.41) is 12.1. The highest BCUT2D eigenvalue weighted by atomic mass is 32.2. The maximum absolute atomic E-state index is 8.79. The SMILES string of the molecule is CCSCCCNc1ccc(C#N)cc1OC. The van der Waals surface area contributed by atoms with E-state index in [-0.39, 0.29) is 0 Å². The van der Waals surface area contributed by atoms with Crippen LogP contribution in [0.4, 0.5) is 5.69 Å². The molecular weight excluding hydrogens is 232 g/mol. The van der Waals surface area contributed by atoms with Gasteiger partial charge in [0.05, 0.1) is 24.4 Å². The fourth-order valence-corrected chi connectivity index (χ4v) is 2.09. The van der Waals surface area contributed by atoms with Crippen LogP contribution >= 0.6 is 11.8 Å². The van der Waals surface area contributed by atoms with Crippen molar-refractivity contribution < 1.29 is 4.74 Å². The molecule has 1 rings (SSSR count). The van der Waals surface area contributed by atoms with Gasteiger partial charge < -0.3 is 10.1 Å². The topological polar surface area (TPSA) is 45.0 Å². The fraction of sp³-hybridized carbons (Fsp3) is 0.462. The lowest BCUT2D eigenvalue weighted by Crippen LogP contribution is -2.04. The highest BCUT2D eigenvalue weighted by Gasteiger charge is 2.03. The number of methoxy groups -OCH3 is 1. The summed E-state index contributed by atoms with van der Waals surface area (Å²) in [7, 11) is 1.62. The lowest BCUT2D eigenvalue weighted by molar-refractivity contribution is 0.416. The summed E-state index contributed by atoms with van der Waals surface area (Å²) in [4.78, 5) is 0. The van der Waals surface area contributed by atoms with Crippen LogP contribution in [0.2, 0.25) is 0 Å². The molecule has 0 atom stereocenters. The van der Waals surface area contributed by atoms with Crippen molar-refractivity contribution in [2.24, 2.45) is 0 Å². The quantitative estimate of drug-likeness (QED) is 0.755. The second kappa shape index (κ2) is 7.86. The zero-order valence-electron chi connectivity index (χ0n) is 10.3. The Hall–Kier alpha value is -1.34. The van der Waals surface area contributed by atoms with E-state index in [0.29, 0.717) is 5.56 Å². The van der Waals surface area contributed by atoms with E-state index in [9.17, 15) is 0 Å². The molecule has 0 saturated carbocycles. The predicted octanol–water partition coefficient (Wildman–Crippen LogP) is 3.12. The summed E-state index contributed by atoms with van der Waals surface area (Å²) in [6.07, 6.45) is 1.13. The van der Waals surface area contributed by atoms with Gasteiger partial charge in [-0.15, -0.1) is 0 Å². The van der Waals surface area contributed by atoms with Crippen LogP contribution < -0.4 is 10.1 Å². The van der Waals surface area contributed by atoms with Crippen LogP contribution in [-0.2, 0) is 0 Å². The van der Waals surface area contributed by atoms with E-state index in [1.54, 1.807) is 19.2 Å². The summed E-state index contributed by atoms with van der Waals surface area (Å²) in [6, 6.07) is 7.55. The van der Waals surface area contributed by atoms with Crippen LogP contribution in [0, 0.1) is 11.3 Å². The van der Waals surface area contributed by atoms with Crippen LogP contribution in [0.1, 0.15) is 18.9 Å². The average molecular weight is 250 g/mol. The van der Waals surface area contributed by atoms with Crippen LogP contribution in [0.5, 0.6) is 5.75 Å². The number of hydrogen-bond acceptors (Lipinski definition) is 4. The van der Waals surface area contributed by atoms with Gasteiger partial charge in [-0.2, -0.15) is 17.0 Å². The standard InChI is InChI=1S/C13H18N2OS/c1-3-17-8-4-7-15-12-6-5-11(10-14)9-13(12)16-2/h5-6,9,15H,3-4,7-8H2,1-2H3.